The van der Waals surface area contributed by atoms with Crippen molar-refractivity contribution in [2.45, 2.75) is 18.7 Å². The first-order valence-electron chi connectivity index (χ1n) is 9.81. The highest BCUT2D eigenvalue weighted by Gasteiger charge is 2.17. The van der Waals surface area contributed by atoms with E-state index in [1.54, 1.807) is 36.4 Å². The van der Waals surface area contributed by atoms with E-state index < -0.39 is 10.0 Å². The van der Waals surface area contributed by atoms with E-state index in [2.05, 4.69) is 10.0 Å². The normalized spacial score (nSPS) is 11.0. The second kappa shape index (κ2) is 10.4. The summed E-state index contributed by atoms with van der Waals surface area (Å²) >= 11 is 6.19. The number of amides is 1. The zero-order valence-corrected chi connectivity index (χ0v) is 19.2. The van der Waals surface area contributed by atoms with Crippen LogP contribution in [0.25, 0.3) is 0 Å². The van der Waals surface area contributed by atoms with Gasteiger partial charge in [0, 0.05) is 11.4 Å². The van der Waals surface area contributed by atoms with Crippen molar-refractivity contribution in [1.82, 2.24) is 0 Å². The average Bonchev–Trinajstić information content (AvgIpc) is 2.76. The van der Waals surface area contributed by atoms with Crippen LogP contribution in [0.4, 0.5) is 11.4 Å². The molecule has 3 aromatic carbocycles. The van der Waals surface area contributed by atoms with Crippen molar-refractivity contribution in [3.8, 4) is 11.5 Å². The predicted octanol–water partition coefficient (Wildman–Crippen LogP) is 4.87. The van der Waals surface area contributed by atoms with Crippen LogP contribution in [-0.2, 0) is 14.8 Å². The molecule has 0 saturated carbocycles. The monoisotopic (exact) mass is 474 g/mol. The van der Waals surface area contributed by atoms with E-state index in [9.17, 15) is 13.2 Å². The first-order chi connectivity index (χ1) is 15.3. The molecular weight excluding hydrogens is 452 g/mol. The van der Waals surface area contributed by atoms with E-state index in [0.717, 1.165) is 5.56 Å². The zero-order valence-electron chi connectivity index (χ0n) is 17.6. The molecule has 3 aromatic rings. The third-order valence-electron chi connectivity index (χ3n) is 4.33. The summed E-state index contributed by atoms with van der Waals surface area (Å²) in [6.07, 6.45) is 0. The molecule has 2 N–H and O–H groups in total. The Hall–Kier alpha value is -3.23. The van der Waals surface area contributed by atoms with Gasteiger partial charge in [0.05, 0.1) is 16.5 Å². The Morgan fingerprint density at radius 1 is 0.938 bits per heavy atom. The van der Waals surface area contributed by atoms with Crippen LogP contribution in [0.3, 0.4) is 0 Å². The standard InChI is InChI=1S/C23H23ClN2O5S/c1-3-30-19-10-8-18(9-11-19)26-32(28,29)20-12-13-22(21(24)14-20)31-15-23(27)25-17-6-4-16(2)5-7-17/h4-14,26H,3,15H2,1-2H3,(H,25,27). The van der Waals surface area contributed by atoms with Crippen LogP contribution in [-0.4, -0.2) is 27.5 Å². The number of ether oxygens (including phenoxy) is 2. The van der Waals surface area contributed by atoms with Crippen LogP contribution in [0.1, 0.15) is 12.5 Å². The minimum atomic E-state index is -3.86. The van der Waals surface area contributed by atoms with E-state index >= 15 is 0 Å². The van der Waals surface area contributed by atoms with Gasteiger partial charge >= 0.3 is 0 Å². The molecule has 0 heterocycles. The Morgan fingerprint density at radius 2 is 1.59 bits per heavy atom. The van der Waals surface area contributed by atoms with E-state index in [-0.39, 0.29) is 28.2 Å². The van der Waals surface area contributed by atoms with Crippen LogP contribution in [0, 0.1) is 6.92 Å². The first-order valence-corrected chi connectivity index (χ1v) is 11.7. The van der Waals surface area contributed by atoms with Gasteiger partial charge in [0.2, 0.25) is 0 Å². The lowest BCUT2D eigenvalue weighted by atomic mass is 10.2. The van der Waals surface area contributed by atoms with Crippen molar-refractivity contribution >= 4 is 38.9 Å². The van der Waals surface area contributed by atoms with Crippen molar-refractivity contribution in [3.05, 3.63) is 77.3 Å². The van der Waals surface area contributed by atoms with Crippen LogP contribution in [0.2, 0.25) is 5.02 Å². The lowest BCUT2D eigenvalue weighted by Gasteiger charge is -2.12. The van der Waals surface area contributed by atoms with Crippen molar-refractivity contribution < 1.29 is 22.7 Å². The topological polar surface area (TPSA) is 93.7 Å². The Labute approximate surface area is 192 Å². The number of halogens is 1. The summed E-state index contributed by atoms with van der Waals surface area (Å²) in [5.74, 6) is 0.482. The molecule has 1 amide bonds. The third-order valence-corrected chi connectivity index (χ3v) is 6.00. The van der Waals surface area contributed by atoms with Gasteiger partial charge in [-0.2, -0.15) is 0 Å². The molecule has 0 aromatic heterocycles. The number of sulfonamides is 1. The molecule has 0 radical (unpaired) electrons. The molecule has 9 heteroatoms. The zero-order chi connectivity index (χ0) is 23.1. The Morgan fingerprint density at radius 3 is 2.22 bits per heavy atom. The second-order valence-corrected chi connectivity index (χ2v) is 8.95. The summed E-state index contributed by atoms with van der Waals surface area (Å²) in [6, 6.07) is 17.9. The highest BCUT2D eigenvalue weighted by molar-refractivity contribution is 7.92. The molecule has 0 spiro atoms. The molecule has 0 aliphatic carbocycles. The number of nitrogens with one attached hydrogen (secondary N) is 2. The van der Waals surface area contributed by atoms with Crippen molar-refractivity contribution in [2.75, 3.05) is 23.3 Å². The maximum Gasteiger partial charge on any atom is 0.262 e. The number of carbonyl (C=O) groups is 1. The van der Waals surface area contributed by atoms with Gasteiger partial charge in [0.15, 0.2) is 6.61 Å². The van der Waals surface area contributed by atoms with Crippen LogP contribution >= 0.6 is 11.6 Å². The SMILES string of the molecule is CCOc1ccc(NS(=O)(=O)c2ccc(OCC(=O)Nc3ccc(C)cc3)c(Cl)c2)cc1. The summed E-state index contributed by atoms with van der Waals surface area (Å²) in [5.41, 5.74) is 2.12. The van der Waals surface area contributed by atoms with Gasteiger partial charge < -0.3 is 14.8 Å². The summed E-state index contributed by atoms with van der Waals surface area (Å²) in [6.45, 7) is 4.06. The molecule has 0 fully saturated rings. The molecule has 32 heavy (non-hydrogen) atoms. The second-order valence-electron chi connectivity index (χ2n) is 6.86. The molecule has 0 saturated heterocycles. The minimum Gasteiger partial charge on any atom is -0.494 e. The highest BCUT2D eigenvalue weighted by atomic mass is 35.5. The molecule has 7 nitrogen and oxygen atoms in total. The molecular formula is C23H23ClN2O5S. The fourth-order valence-electron chi connectivity index (χ4n) is 2.74. The van der Waals surface area contributed by atoms with Crippen LogP contribution < -0.4 is 19.5 Å². The van der Waals surface area contributed by atoms with Gasteiger partial charge in [-0.1, -0.05) is 29.3 Å². The van der Waals surface area contributed by atoms with Gasteiger partial charge in [-0.3, -0.25) is 9.52 Å². The van der Waals surface area contributed by atoms with Gasteiger partial charge in [-0.05, 0) is 68.4 Å². The van der Waals surface area contributed by atoms with Crippen molar-refractivity contribution in [2.24, 2.45) is 0 Å². The number of aryl methyl sites for hydroxylation is 1. The molecule has 0 bridgehead atoms. The van der Waals surface area contributed by atoms with Gasteiger partial charge in [0.1, 0.15) is 11.5 Å². The summed E-state index contributed by atoms with van der Waals surface area (Å²) in [5, 5.41) is 2.78. The quantitative estimate of drug-likeness (QED) is 0.461. The fourth-order valence-corrected chi connectivity index (χ4v) is 4.13. The summed E-state index contributed by atoms with van der Waals surface area (Å²) in [7, 11) is -3.86. The first kappa shape index (κ1) is 23.4. The van der Waals surface area contributed by atoms with Gasteiger partial charge in [0.25, 0.3) is 15.9 Å². The van der Waals surface area contributed by atoms with Crippen LogP contribution in [0.5, 0.6) is 11.5 Å². The lowest BCUT2D eigenvalue weighted by molar-refractivity contribution is -0.118. The molecule has 0 unspecified atom stereocenters. The van der Waals surface area contributed by atoms with Crippen molar-refractivity contribution in [1.29, 1.82) is 0 Å². The van der Waals surface area contributed by atoms with Gasteiger partial charge in [-0.15, -0.1) is 0 Å². The molecule has 3 rings (SSSR count). The summed E-state index contributed by atoms with van der Waals surface area (Å²) in [4.78, 5) is 12.0. The van der Waals surface area contributed by atoms with Gasteiger partial charge in [-0.25, -0.2) is 8.42 Å². The average molecular weight is 475 g/mol. The number of rotatable bonds is 9. The predicted molar refractivity (Wildman–Crippen MR) is 125 cm³/mol. The largest absolute Gasteiger partial charge is 0.494 e. The molecule has 168 valence electrons. The highest BCUT2D eigenvalue weighted by Crippen LogP contribution is 2.28. The van der Waals surface area contributed by atoms with E-state index in [1.807, 2.05) is 26.0 Å². The third kappa shape index (κ3) is 6.38. The summed E-state index contributed by atoms with van der Waals surface area (Å²) < 4.78 is 38.6. The van der Waals surface area contributed by atoms with E-state index in [1.165, 1.54) is 18.2 Å². The molecule has 0 aliphatic heterocycles. The maximum absolute atomic E-state index is 12.7. The fraction of sp³-hybridized carbons (Fsp3) is 0.174. The number of hydrogen-bond donors (Lipinski definition) is 2. The maximum atomic E-state index is 12.7. The van der Waals surface area contributed by atoms with E-state index in [0.29, 0.717) is 23.7 Å². The molecule has 0 atom stereocenters. The minimum absolute atomic E-state index is 0.0344. The number of carbonyl (C=O) groups excluding carboxylic acids is 1. The lowest BCUT2D eigenvalue weighted by Crippen LogP contribution is -2.20. The van der Waals surface area contributed by atoms with Crippen LogP contribution in [0.15, 0.2) is 71.6 Å². The van der Waals surface area contributed by atoms with E-state index in [4.69, 9.17) is 21.1 Å². The number of hydrogen-bond acceptors (Lipinski definition) is 5. The molecule has 0 aliphatic rings. The Balaban J connectivity index is 1.61. The smallest absolute Gasteiger partial charge is 0.262 e. The van der Waals surface area contributed by atoms with Crippen molar-refractivity contribution in [3.63, 3.8) is 0 Å². The number of benzene rings is 3. The Kier molecular flexibility index (Phi) is 7.61. The number of anilines is 2. The Bertz CT molecular complexity index is 1180.